The maximum absolute atomic E-state index is 5.26. The standard InChI is InChI=1S/C13H27O2.BrH.Mg/c1-5-7-12(2)10-13(3)8-6-9-15-11-14-4;;/h5,12-13H,6-11H2,1-4H3;1H;/q-1;;+2/p-1. The second-order valence-corrected chi connectivity index (χ2v) is 4.55. The zero-order valence-electron chi connectivity index (χ0n) is 11.9. The number of hydrogen-bond donors (Lipinski definition) is 0. The molecule has 0 saturated carbocycles. The van der Waals surface area contributed by atoms with Crippen LogP contribution in [0.25, 0.3) is 0 Å². The molecule has 17 heavy (non-hydrogen) atoms. The van der Waals surface area contributed by atoms with E-state index in [9.17, 15) is 0 Å². The summed E-state index contributed by atoms with van der Waals surface area (Å²) in [7, 11) is 1.66. The van der Waals surface area contributed by atoms with Crippen molar-refractivity contribution in [3.05, 3.63) is 6.42 Å². The summed E-state index contributed by atoms with van der Waals surface area (Å²) in [6.45, 7) is 8.06. The van der Waals surface area contributed by atoms with Crippen molar-refractivity contribution in [3.63, 3.8) is 0 Å². The van der Waals surface area contributed by atoms with Crippen molar-refractivity contribution in [2.75, 3.05) is 20.5 Å². The van der Waals surface area contributed by atoms with Gasteiger partial charge in [-0.05, 0) is 18.8 Å². The predicted octanol–water partition coefficient (Wildman–Crippen LogP) is 0.287. The van der Waals surface area contributed by atoms with E-state index in [-0.39, 0.29) is 40.0 Å². The van der Waals surface area contributed by atoms with Crippen LogP contribution in [0.3, 0.4) is 0 Å². The van der Waals surface area contributed by atoms with Gasteiger partial charge in [-0.3, -0.25) is 0 Å². The van der Waals surface area contributed by atoms with E-state index in [4.69, 9.17) is 9.47 Å². The minimum absolute atomic E-state index is 0. The SMILES string of the molecule is C[CH-]CC(C)CC(C)CCCOCOC.[Br-].[Mg+2]. The van der Waals surface area contributed by atoms with Crippen LogP contribution in [0.1, 0.15) is 46.5 Å². The fourth-order valence-electron chi connectivity index (χ4n) is 1.98. The van der Waals surface area contributed by atoms with Gasteiger partial charge in [0.2, 0.25) is 0 Å². The van der Waals surface area contributed by atoms with Gasteiger partial charge in [-0.15, -0.1) is 0 Å². The van der Waals surface area contributed by atoms with E-state index < -0.39 is 0 Å². The molecule has 0 aromatic heterocycles. The zero-order chi connectivity index (χ0) is 11.5. The van der Waals surface area contributed by atoms with Gasteiger partial charge in [-0.2, -0.15) is 13.3 Å². The molecule has 0 saturated heterocycles. The summed E-state index contributed by atoms with van der Waals surface area (Å²) in [5, 5.41) is 0. The zero-order valence-corrected chi connectivity index (χ0v) is 14.9. The first kappa shape index (κ1) is 23.3. The van der Waals surface area contributed by atoms with Gasteiger partial charge in [0.1, 0.15) is 6.79 Å². The van der Waals surface area contributed by atoms with Crippen LogP contribution in [-0.4, -0.2) is 43.6 Å². The Labute approximate surface area is 134 Å². The van der Waals surface area contributed by atoms with Crippen molar-refractivity contribution < 1.29 is 26.5 Å². The van der Waals surface area contributed by atoms with Crippen molar-refractivity contribution in [1.29, 1.82) is 0 Å². The molecule has 0 aliphatic carbocycles. The molecule has 0 bridgehead atoms. The molecule has 2 nitrogen and oxygen atoms in total. The maximum Gasteiger partial charge on any atom is 2.00 e. The van der Waals surface area contributed by atoms with Gasteiger partial charge >= 0.3 is 23.1 Å². The average Bonchev–Trinajstić information content (AvgIpc) is 2.17. The molecule has 0 rings (SSSR count). The number of halogens is 1. The molecule has 0 heterocycles. The van der Waals surface area contributed by atoms with Crippen LogP contribution < -0.4 is 17.0 Å². The summed E-state index contributed by atoms with van der Waals surface area (Å²) in [4.78, 5) is 0. The summed E-state index contributed by atoms with van der Waals surface area (Å²) in [6, 6.07) is 0. The predicted molar refractivity (Wildman–Crippen MR) is 70.4 cm³/mol. The topological polar surface area (TPSA) is 18.5 Å². The quantitative estimate of drug-likeness (QED) is 0.249. The Morgan fingerprint density at radius 1 is 1.18 bits per heavy atom. The molecule has 0 aliphatic heterocycles. The number of hydrogen-bond acceptors (Lipinski definition) is 2. The Kier molecular flexibility index (Phi) is 23.5. The van der Waals surface area contributed by atoms with Gasteiger partial charge in [0.25, 0.3) is 0 Å². The normalized spacial score (nSPS) is 13.4. The van der Waals surface area contributed by atoms with Crippen LogP contribution in [0.2, 0.25) is 0 Å². The monoisotopic (exact) mass is 318 g/mol. The Hall–Kier alpha value is 1.17. The minimum atomic E-state index is 0. The Bertz CT molecular complexity index is 137. The fraction of sp³-hybridized carbons (Fsp3) is 0.923. The van der Waals surface area contributed by atoms with Crippen molar-refractivity contribution in [2.24, 2.45) is 11.8 Å². The van der Waals surface area contributed by atoms with Crippen LogP contribution in [0.5, 0.6) is 0 Å². The third-order valence-electron chi connectivity index (χ3n) is 2.63. The average molecular weight is 320 g/mol. The van der Waals surface area contributed by atoms with Crippen LogP contribution >= 0.6 is 0 Å². The van der Waals surface area contributed by atoms with Crippen LogP contribution in [0, 0.1) is 18.3 Å². The van der Waals surface area contributed by atoms with Gasteiger partial charge in [0.15, 0.2) is 0 Å². The number of methoxy groups -OCH3 is 1. The van der Waals surface area contributed by atoms with E-state index >= 15 is 0 Å². The molecule has 0 N–H and O–H groups in total. The number of rotatable bonds is 10. The molecule has 0 fully saturated rings. The first-order chi connectivity index (χ1) is 7.20. The van der Waals surface area contributed by atoms with Crippen molar-refractivity contribution in [2.45, 2.75) is 46.5 Å². The number of ether oxygens (including phenoxy) is 2. The molecule has 0 aromatic carbocycles. The van der Waals surface area contributed by atoms with E-state index in [0.717, 1.165) is 24.9 Å². The van der Waals surface area contributed by atoms with Gasteiger partial charge < -0.3 is 32.9 Å². The van der Waals surface area contributed by atoms with Crippen molar-refractivity contribution in [3.8, 4) is 0 Å². The first-order valence-electron chi connectivity index (χ1n) is 6.05. The summed E-state index contributed by atoms with van der Waals surface area (Å²) in [6.07, 6.45) is 7.24. The summed E-state index contributed by atoms with van der Waals surface area (Å²) in [5.74, 6) is 1.64. The largest absolute Gasteiger partial charge is 2.00 e. The summed E-state index contributed by atoms with van der Waals surface area (Å²) in [5.41, 5.74) is 0. The molecule has 2 unspecified atom stereocenters. The smallest absolute Gasteiger partial charge is 1.00 e. The molecular weight excluding hydrogens is 292 g/mol. The molecular formula is C13H27BrMgO2. The summed E-state index contributed by atoms with van der Waals surface area (Å²) < 4.78 is 10.1. The summed E-state index contributed by atoms with van der Waals surface area (Å²) >= 11 is 0. The molecule has 4 heteroatoms. The van der Waals surface area contributed by atoms with Gasteiger partial charge in [0.05, 0.1) is 0 Å². The van der Waals surface area contributed by atoms with E-state index in [1.807, 2.05) is 0 Å². The third-order valence-corrected chi connectivity index (χ3v) is 2.63. The molecule has 0 aliphatic rings. The van der Waals surface area contributed by atoms with E-state index in [1.165, 1.54) is 19.3 Å². The molecule has 0 amide bonds. The first-order valence-corrected chi connectivity index (χ1v) is 6.05. The molecule has 0 spiro atoms. The molecule has 100 valence electrons. The van der Waals surface area contributed by atoms with E-state index in [2.05, 4.69) is 27.2 Å². The molecule has 0 aromatic rings. The van der Waals surface area contributed by atoms with Gasteiger partial charge in [-0.25, -0.2) is 0 Å². The second-order valence-electron chi connectivity index (χ2n) is 4.55. The van der Waals surface area contributed by atoms with Crippen molar-refractivity contribution in [1.82, 2.24) is 0 Å². The van der Waals surface area contributed by atoms with E-state index in [0.29, 0.717) is 6.79 Å². The van der Waals surface area contributed by atoms with Gasteiger partial charge in [0, 0.05) is 13.7 Å². The third kappa shape index (κ3) is 17.2. The Balaban J connectivity index is -0.000000980. The van der Waals surface area contributed by atoms with Crippen LogP contribution in [0.15, 0.2) is 0 Å². The molecule has 0 radical (unpaired) electrons. The maximum atomic E-state index is 5.26. The van der Waals surface area contributed by atoms with E-state index in [1.54, 1.807) is 7.11 Å². The second kappa shape index (κ2) is 17.2. The van der Waals surface area contributed by atoms with Crippen LogP contribution in [-0.2, 0) is 9.47 Å². The Morgan fingerprint density at radius 3 is 2.35 bits per heavy atom. The Morgan fingerprint density at radius 2 is 1.82 bits per heavy atom. The van der Waals surface area contributed by atoms with Crippen LogP contribution in [0.4, 0.5) is 0 Å². The minimum Gasteiger partial charge on any atom is -1.00 e. The molecule has 2 atom stereocenters. The fourth-order valence-corrected chi connectivity index (χ4v) is 1.98. The van der Waals surface area contributed by atoms with Crippen molar-refractivity contribution >= 4 is 23.1 Å². The van der Waals surface area contributed by atoms with Gasteiger partial charge in [-0.1, -0.05) is 26.2 Å².